The van der Waals surface area contributed by atoms with Gasteiger partial charge < -0.3 is 19.7 Å². The topological polar surface area (TPSA) is 33.7 Å². The number of hydrogen-bond acceptors (Lipinski definition) is 3. The molecule has 1 saturated carbocycles. The van der Waals surface area contributed by atoms with Gasteiger partial charge in [0.15, 0.2) is 16.6 Å². The Kier molecular flexibility index (Phi) is 4.48. The average Bonchev–Trinajstić information content (AvgIpc) is 3.31. The summed E-state index contributed by atoms with van der Waals surface area (Å²) in [5.41, 5.74) is 0.959. The van der Waals surface area contributed by atoms with E-state index in [1.165, 1.54) is 12.8 Å². The van der Waals surface area contributed by atoms with Crippen molar-refractivity contribution >= 4 is 23.0 Å². The Balaban J connectivity index is 1.64. The summed E-state index contributed by atoms with van der Waals surface area (Å²) in [6.07, 6.45) is 3.79. The summed E-state index contributed by atoms with van der Waals surface area (Å²) in [6, 6.07) is 5.88. The molecule has 1 aromatic carbocycles. The fourth-order valence-electron chi connectivity index (χ4n) is 2.48. The van der Waals surface area contributed by atoms with E-state index < -0.39 is 0 Å². The molecule has 4 nitrogen and oxygen atoms in total. The largest absolute Gasteiger partial charge is 0.486 e. The van der Waals surface area contributed by atoms with Gasteiger partial charge in [-0.15, -0.1) is 0 Å². The summed E-state index contributed by atoms with van der Waals surface area (Å²) >= 11 is 5.57. The van der Waals surface area contributed by atoms with Crippen LogP contribution >= 0.6 is 12.2 Å². The van der Waals surface area contributed by atoms with Crippen molar-refractivity contribution in [1.29, 1.82) is 0 Å². The lowest BCUT2D eigenvalue weighted by atomic mass is 10.2. The van der Waals surface area contributed by atoms with Gasteiger partial charge in [0.25, 0.3) is 0 Å². The summed E-state index contributed by atoms with van der Waals surface area (Å²) in [7, 11) is 0. The highest BCUT2D eigenvalue weighted by Gasteiger charge is 2.25. The average molecular weight is 306 g/mol. The van der Waals surface area contributed by atoms with Gasteiger partial charge >= 0.3 is 0 Å². The molecule has 1 heterocycles. The van der Waals surface area contributed by atoms with Crippen molar-refractivity contribution in [1.82, 2.24) is 4.90 Å². The standard InChI is InChI=1S/C16H22N2O2S/c1-2-7-18(11-12-3-4-12)16(21)17-13-5-6-14-15(10-13)20-9-8-19-14/h5-6,10,12H,2-4,7-9,11H2,1H3,(H,17,21). The molecule has 0 spiro atoms. The van der Waals surface area contributed by atoms with Gasteiger partial charge in [-0.25, -0.2) is 0 Å². The first kappa shape index (κ1) is 14.4. The second-order valence-electron chi connectivity index (χ2n) is 5.68. The summed E-state index contributed by atoms with van der Waals surface area (Å²) in [4.78, 5) is 2.28. The van der Waals surface area contributed by atoms with Crippen LogP contribution in [0.1, 0.15) is 26.2 Å². The number of anilines is 1. The predicted octanol–water partition coefficient (Wildman–Crippen LogP) is 3.28. The maximum Gasteiger partial charge on any atom is 0.173 e. The number of benzene rings is 1. The minimum Gasteiger partial charge on any atom is -0.486 e. The van der Waals surface area contributed by atoms with Gasteiger partial charge in [0, 0.05) is 24.8 Å². The number of thiocarbonyl (C=S) groups is 1. The summed E-state index contributed by atoms with van der Waals surface area (Å²) in [5, 5.41) is 4.14. The third-order valence-electron chi connectivity index (χ3n) is 3.75. The van der Waals surface area contributed by atoms with Crippen molar-refractivity contribution in [2.45, 2.75) is 26.2 Å². The minimum atomic E-state index is 0.602. The molecule has 0 radical (unpaired) electrons. The Labute approximate surface area is 131 Å². The van der Waals surface area contributed by atoms with Crippen molar-refractivity contribution in [3.63, 3.8) is 0 Å². The van der Waals surface area contributed by atoms with E-state index >= 15 is 0 Å². The van der Waals surface area contributed by atoms with Gasteiger partial charge in [0.2, 0.25) is 0 Å². The molecular formula is C16H22N2O2S. The van der Waals surface area contributed by atoms with Gasteiger partial charge in [-0.05, 0) is 49.5 Å². The number of ether oxygens (including phenoxy) is 2. The highest BCUT2D eigenvalue weighted by Crippen LogP contribution is 2.33. The van der Waals surface area contributed by atoms with Crippen LogP contribution in [0, 0.1) is 5.92 Å². The zero-order chi connectivity index (χ0) is 14.7. The molecule has 0 saturated heterocycles. The molecular weight excluding hydrogens is 284 g/mol. The highest BCUT2D eigenvalue weighted by atomic mass is 32.1. The Hall–Kier alpha value is -1.49. The first-order valence-corrected chi connectivity index (χ1v) is 8.12. The van der Waals surface area contributed by atoms with E-state index in [9.17, 15) is 0 Å². The van der Waals surface area contributed by atoms with Crippen LogP contribution in [0.3, 0.4) is 0 Å². The van der Waals surface area contributed by atoms with Crippen LogP contribution in [0.5, 0.6) is 11.5 Å². The number of rotatable bonds is 5. The van der Waals surface area contributed by atoms with Crippen LogP contribution < -0.4 is 14.8 Å². The Morgan fingerprint density at radius 2 is 2.05 bits per heavy atom. The predicted molar refractivity (Wildman–Crippen MR) is 88.2 cm³/mol. The number of nitrogens with one attached hydrogen (secondary N) is 1. The first-order chi connectivity index (χ1) is 10.3. The molecule has 0 atom stereocenters. The molecule has 3 rings (SSSR count). The van der Waals surface area contributed by atoms with Gasteiger partial charge in [0.1, 0.15) is 13.2 Å². The SMILES string of the molecule is CCCN(CC1CC1)C(=S)Nc1ccc2c(c1)OCCO2. The molecule has 1 aliphatic heterocycles. The van der Waals surface area contributed by atoms with Gasteiger partial charge in [-0.3, -0.25) is 0 Å². The molecule has 1 aliphatic carbocycles. The molecule has 1 N–H and O–H groups in total. The van der Waals surface area contributed by atoms with Crippen LogP contribution in [0.15, 0.2) is 18.2 Å². The molecule has 114 valence electrons. The van der Waals surface area contributed by atoms with E-state index in [-0.39, 0.29) is 0 Å². The summed E-state index contributed by atoms with van der Waals surface area (Å²) in [5.74, 6) is 2.43. The fraction of sp³-hybridized carbons (Fsp3) is 0.562. The van der Waals surface area contributed by atoms with Crippen LogP contribution in [0.2, 0.25) is 0 Å². The van der Waals surface area contributed by atoms with Crippen molar-refractivity contribution in [2.24, 2.45) is 5.92 Å². The lowest BCUT2D eigenvalue weighted by molar-refractivity contribution is 0.171. The lowest BCUT2D eigenvalue weighted by Gasteiger charge is -2.26. The monoisotopic (exact) mass is 306 g/mol. The van der Waals surface area contributed by atoms with E-state index in [4.69, 9.17) is 21.7 Å². The van der Waals surface area contributed by atoms with Crippen molar-refractivity contribution in [2.75, 3.05) is 31.6 Å². The normalized spacial score (nSPS) is 16.4. The quantitative estimate of drug-likeness (QED) is 0.844. The Bertz CT molecular complexity index is 517. The molecule has 2 aliphatic rings. The smallest absolute Gasteiger partial charge is 0.173 e. The second kappa shape index (κ2) is 6.52. The lowest BCUT2D eigenvalue weighted by Crippen LogP contribution is -2.36. The molecule has 5 heteroatoms. The van der Waals surface area contributed by atoms with Gasteiger partial charge in [-0.1, -0.05) is 6.92 Å². The van der Waals surface area contributed by atoms with Crippen LogP contribution in [-0.4, -0.2) is 36.3 Å². The summed E-state index contributed by atoms with van der Waals surface area (Å²) < 4.78 is 11.1. The molecule has 1 fully saturated rings. The van der Waals surface area contributed by atoms with Crippen LogP contribution in [0.4, 0.5) is 5.69 Å². The molecule has 1 aromatic rings. The van der Waals surface area contributed by atoms with Crippen molar-refractivity contribution in [3.05, 3.63) is 18.2 Å². The third-order valence-corrected chi connectivity index (χ3v) is 4.11. The number of hydrogen-bond donors (Lipinski definition) is 1. The van der Waals surface area contributed by atoms with Crippen molar-refractivity contribution in [3.8, 4) is 11.5 Å². The van der Waals surface area contributed by atoms with Crippen LogP contribution in [-0.2, 0) is 0 Å². The Morgan fingerprint density at radius 3 is 2.76 bits per heavy atom. The number of nitrogens with zero attached hydrogens (tertiary/aromatic N) is 1. The molecule has 0 amide bonds. The van der Waals surface area contributed by atoms with E-state index in [1.54, 1.807) is 0 Å². The van der Waals surface area contributed by atoms with Gasteiger partial charge in [-0.2, -0.15) is 0 Å². The minimum absolute atomic E-state index is 0.602. The molecule has 0 aromatic heterocycles. The maximum atomic E-state index is 5.61. The maximum absolute atomic E-state index is 5.61. The summed E-state index contributed by atoms with van der Waals surface area (Å²) in [6.45, 7) is 5.48. The Morgan fingerprint density at radius 1 is 1.29 bits per heavy atom. The van der Waals surface area contributed by atoms with E-state index in [0.717, 1.165) is 47.7 Å². The van der Waals surface area contributed by atoms with E-state index in [2.05, 4.69) is 17.1 Å². The van der Waals surface area contributed by atoms with Crippen LogP contribution in [0.25, 0.3) is 0 Å². The molecule has 0 bridgehead atoms. The zero-order valence-electron chi connectivity index (χ0n) is 12.4. The van der Waals surface area contributed by atoms with E-state index in [1.807, 2.05) is 18.2 Å². The molecule has 21 heavy (non-hydrogen) atoms. The fourth-order valence-corrected chi connectivity index (χ4v) is 2.77. The number of fused-ring (bicyclic) bond motifs is 1. The first-order valence-electron chi connectivity index (χ1n) is 7.72. The van der Waals surface area contributed by atoms with Crippen molar-refractivity contribution < 1.29 is 9.47 Å². The highest BCUT2D eigenvalue weighted by molar-refractivity contribution is 7.80. The van der Waals surface area contributed by atoms with E-state index in [0.29, 0.717) is 13.2 Å². The second-order valence-corrected chi connectivity index (χ2v) is 6.06. The molecule has 0 unspecified atom stereocenters. The zero-order valence-corrected chi connectivity index (χ0v) is 13.2. The van der Waals surface area contributed by atoms with Gasteiger partial charge in [0.05, 0.1) is 0 Å². The third kappa shape index (κ3) is 3.79.